The summed E-state index contributed by atoms with van der Waals surface area (Å²) in [5.74, 6) is 0. The molecule has 0 aromatic heterocycles. The molecular formula is C20H36O2S. The van der Waals surface area contributed by atoms with Crippen molar-refractivity contribution in [2.24, 2.45) is 0 Å². The van der Waals surface area contributed by atoms with E-state index in [9.17, 15) is 8.42 Å². The Morgan fingerprint density at radius 3 is 2.13 bits per heavy atom. The van der Waals surface area contributed by atoms with E-state index in [0.717, 1.165) is 32.1 Å². The first kappa shape index (κ1) is 19.0. The zero-order valence-electron chi connectivity index (χ0n) is 15.1. The monoisotopic (exact) mass is 340 g/mol. The number of hydrogen-bond acceptors (Lipinski definition) is 2. The zero-order valence-corrected chi connectivity index (χ0v) is 15.9. The Balaban J connectivity index is 1.54. The van der Waals surface area contributed by atoms with Crippen molar-refractivity contribution in [1.29, 1.82) is 0 Å². The highest BCUT2D eigenvalue weighted by Crippen LogP contribution is 2.37. The molecule has 134 valence electrons. The van der Waals surface area contributed by atoms with Gasteiger partial charge >= 0.3 is 0 Å². The summed E-state index contributed by atoms with van der Waals surface area (Å²) in [7, 11) is -2.83. The summed E-state index contributed by atoms with van der Waals surface area (Å²) < 4.78 is 24.5. The van der Waals surface area contributed by atoms with Crippen LogP contribution in [0, 0.1) is 0 Å². The number of allylic oxidation sites excluding steroid dienone is 1. The molecule has 0 radical (unpaired) electrons. The fourth-order valence-electron chi connectivity index (χ4n) is 4.17. The molecule has 2 aliphatic rings. The predicted octanol–water partition coefficient (Wildman–Crippen LogP) is 5.96. The summed E-state index contributed by atoms with van der Waals surface area (Å²) >= 11 is 0. The zero-order chi connectivity index (χ0) is 16.5. The molecule has 1 fully saturated rings. The lowest BCUT2D eigenvalue weighted by Gasteiger charge is -2.33. The van der Waals surface area contributed by atoms with Crippen LogP contribution >= 0.6 is 0 Å². The van der Waals surface area contributed by atoms with Gasteiger partial charge in [-0.1, -0.05) is 82.8 Å². The average molecular weight is 341 g/mol. The number of unbranched alkanes of at least 4 members (excludes halogenated alkanes) is 9. The summed E-state index contributed by atoms with van der Waals surface area (Å²) in [5, 5.41) is -0.197. The number of sulfone groups is 1. The normalized spacial score (nSPS) is 26.0. The summed E-state index contributed by atoms with van der Waals surface area (Å²) in [4.78, 5) is 0. The molecule has 0 spiro atoms. The summed E-state index contributed by atoms with van der Waals surface area (Å²) in [6, 6.07) is 0. The van der Waals surface area contributed by atoms with Crippen molar-refractivity contribution < 1.29 is 8.42 Å². The quantitative estimate of drug-likeness (QED) is 0.343. The first-order valence-corrected chi connectivity index (χ1v) is 11.7. The summed E-state index contributed by atoms with van der Waals surface area (Å²) in [5.41, 5.74) is 1.44. The molecule has 1 saturated heterocycles. The van der Waals surface area contributed by atoms with E-state index in [1.54, 1.807) is 0 Å². The lowest BCUT2D eigenvalue weighted by Crippen LogP contribution is -2.38. The van der Waals surface area contributed by atoms with Crippen LogP contribution in [-0.2, 0) is 9.84 Å². The molecule has 0 saturated carbocycles. The lowest BCUT2D eigenvalue weighted by atomic mass is 9.94. The van der Waals surface area contributed by atoms with Crippen molar-refractivity contribution in [3.8, 4) is 0 Å². The average Bonchev–Trinajstić information content (AvgIpc) is 2.49. The van der Waals surface area contributed by atoms with Crippen molar-refractivity contribution >= 4 is 9.84 Å². The van der Waals surface area contributed by atoms with Gasteiger partial charge in [0, 0.05) is 0 Å². The van der Waals surface area contributed by atoms with Gasteiger partial charge in [-0.2, -0.15) is 0 Å². The molecule has 0 amide bonds. The molecular weight excluding hydrogens is 304 g/mol. The topological polar surface area (TPSA) is 34.1 Å². The van der Waals surface area contributed by atoms with E-state index >= 15 is 0 Å². The third-order valence-electron chi connectivity index (χ3n) is 5.66. The van der Waals surface area contributed by atoms with Crippen LogP contribution in [0.3, 0.4) is 0 Å². The maximum atomic E-state index is 12.2. The molecule has 2 atom stereocenters. The van der Waals surface area contributed by atoms with E-state index in [2.05, 4.69) is 13.0 Å². The molecule has 0 aromatic rings. The maximum Gasteiger partial charge on any atom is 0.159 e. The SMILES string of the molecule is CCCCCCCCCCCCC1=CC2CCCC(C1)S2(=O)=O. The highest BCUT2D eigenvalue weighted by molar-refractivity contribution is 7.92. The number of hydrogen-bond donors (Lipinski definition) is 0. The third kappa shape index (κ3) is 5.92. The van der Waals surface area contributed by atoms with Crippen LogP contribution in [-0.4, -0.2) is 18.9 Å². The Labute approximate surface area is 144 Å². The Bertz CT molecular complexity index is 464. The Kier molecular flexibility index (Phi) is 8.15. The number of fused-ring (bicyclic) bond motifs is 2. The fourth-order valence-corrected chi connectivity index (χ4v) is 6.48. The molecule has 2 rings (SSSR count). The third-order valence-corrected chi connectivity index (χ3v) is 8.21. The minimum Gasteiger partial charge on any atom is -0.228 e. The van der Waals surface area contributed by atoms with E-state index in [1.165, 1.54) is 69.8 Å². The van der Waals surface area contributed by atoms with Crippen LogP contribution in [0.15, 0.2) is 11.6 Å². The Morgan fingerprint density at radius 1 is 0.913 bits per heavy atom. The van der Waals surface area contributed by atoms with E-state index < -0.39 is 9.84 Å². The fraction of sp³-hybridized carbons (Fsp3) is 0.900. The van der Waals surface area contributed by atoms with Gasteiger partial charge in [0.05, 0.1) is 10.5 Å². The molecule has 0 N–H and O–H groups in total. The molecule has 0 aromatic carbocycles. The van der Waals surface area contributed by atoms with Gasteiger partial charge in [-0.3, -0.25) is 0 Å². The van der Waals surface area contributed by atoms with Crippen molar-refractivity contribution in [2.75, 3.05) is 0 Å². The van der Waals surface area contributed by atoms with Crippen LogP contribution in [0.5, 0.6) is 0 Å². The van der Waals surface area contributed by atoms with Gasteiger partial charge in [-0.25, -0.2) is 8.42 Å². The van der Waals surface area contributed by atoms with Gasteiger partial charge in [0.2, 0.25) is 0 Å². The Morgan fingerprint density at radius 2 is 1.52 bits per heavy atom. The smallest absolute Gasteiger partial charge is 0.159 e. The van der Waals surface area contributed by atoms with Gasteiger partial charge in [0.25, 0.3) is 0 Å². The molecule has 2 heterocycles. The lowest BCUT2D eigenvalue weighted by molar-refractivity contribution is 0.501. The molecule has 2 aliphatic heterocycles. The van der Waals surface area contributed by atoms with E-state index in [4.69, 9.17) is 0 Å². The molecule has 2 unspecified atom stereocenters. The number of rotatable bonds is 11. The maximum absolute atomic E-state index is 12.2. The van der Waals surface area contributed by atoms with Crippen molar-refractivity contribution in [2.45, 2.75) is 114 Å². The molecule has 23 heavy (non-hydrogen) atoms. The largest absolute Gasteiger partial charge is 0.228 e. The van der Waals surface area contributed by atoms with Crippen LogP contribution in [0.1, 0.15) is 103 Å². The standard InChI is InChI=1S/C20H36O2S/c1-2-3-4-5-6-7-8-9-10-11-13-18-16-19-14-12-15-20(17-18)23(19,21)22/h16,19-20H,2-15,17H2,1H3. The highest BCUT2D eigenvalue weighted by atomic mass is 32.2. The minimum absolute atomic E-state index is 0.0515. The molecule has 3 heteroatoms. The minimum atomic E-state index is -2.83. The van der Waals surface area contributed by atoms with Crippen molar-refractivity contribution in [1.82, 2.24) is 0 Å². The second-order valence-electron chi connectivity index (χ2n) is 7.64. The first-order valence-electron chi connectivity index (χ1n) is 10.1. The van der Waals surface area contributed by atoms with E-state index in [-0.39, 0.29) is 10.5 Å². The van der Waals surface area contributed by atoms with E-state index in [1.807, 2.05) is 0 Å². The predicted molar refractivity (Wildman–Crippen MR) is 99.5 cm³/mol. The van der Waals surface area contributed by atoms with Gasteiger partial charge in [0.1, 0.15) is 0 Å². The van der Waals surface area contributed by atoms with Crippen LogP contribution in [0.4, 0.5) is 0 Å². The summed E-state index contributed by atoms with van der Waals surface area (Å²) in [6.07, 6.45) is 20.6. The van der Waals surface area contributed by atoms with Crippen molar-refractivity contribution in [3.63, 3.8) is 0 Å². The highest BCUT2D eigenvalue weighted by Gasteiger charge is 2.39. The second kappa shape index (κ2) is 9.86. The van der Waals surface area contributed by atoms with Crippen molar-refractivity contribution in [3.05, 3.63) is 11.6 Å². The van der Waals surface area contributed by atoms with Crippen LogP contribution in [0.2, 0.25) is 0 Å². The van der Waals surface area contributed by atoms with Gasteiger partial charge < -0.3 is 0 Å². The molecule has 0 aliphatic carbocycles. The van der Waals surface area contributed by atoms with Gasteiger partial charge in [-0.05, 0) is 32.1 Å². The van der Waals surface area contributed by atoms with Crippen LogP contribution in [0.25, 0.3) is 0 Å². The second-order valence-corrected chi connectivity index (χ2v) is 10.1. The first-order chi connectivity index (χ1) is 11.1. The van der Waals surface area contributed by atoms with Gasteiger partial charge in [-0.15, -0.1) is 0 Å². The molecule has 2 nitrogen and oxygen atoms in total. The van der Waals surface area contributed by atoms with E-state index in [0.29, 0.717) is 0 Å². The molecule has 2 bridgehead atoms. The van der Waals surface area contributed by atoms with Gasteiger partial charge in [0.15, 0.2) is 9.84 Å². The summed E-state index contributed by atoms with van der Waals surface area (Å²) in [6.45, 7) is 2.27. The van der Waals surface area contributed by atoms with Crippen LogP contribution < -0.4 is 0 Å². The Hall–Kier alpha value is -0.310.